The molecule has 0 aromatic heterocycles. The van der Waals surface area contributed by atoms with E-state index in [9.17, 15) is 4.79 Å². The van der Waals surface area contributed by atoms with Crippen LogP contribution in [0.1, 0.15) is 23.7 Å². The molecule has 0 bridgehead atoms. The number of carbonyl (C=O) groups is 1. The molecule has 1 aromatic carbocycles. The molecule has 0 heterocycles. The molecule has 0 saturated heterocycles. The molecular weight excluding hydrogens is 244 g/mol. The number of benzene rings is 1. The van der Waals surface area contributed by atoms with Crippen LogP contribution in [-0.2, 0) is 14.2 Å². The summed E-state index contributed by atoms with van der Waals surface area (Å²) >= 11 is 0. The van der Waals surface area contributed by atoms with Crippen molar-refractivity contribution in [1.29, 1.82) is 0 Å². The number of carbonyl (C=O) groups excluding carboxylic acids is 1. The van der Waals surface area contributed by atoms with Gasteiger partial charge in [-0.05, 0) is 13.3 Å². The summed E-state index contributed by atoms with van der Waals surface area (Å²) in [5, 5.41) is 0. The fourth-order valence-electron chi connectivity index (χ4n) is 1.60. The van der Waals surface area contributed by atoms with Crippen LogP contribution in [-0.4, -0.2) is 45.4 Å². The lowest BCUT2D eigenvalue weighted by molar-refractivity contribution is 0.0116. The van der Waals surface area contributed by atoms with Crippen molar-refractivity contribution >= 4 is 5.78 Å². The largest absolute Gasteiger partial charge is 0.385 e. The zero-order chi connectivity index (χ0) is 13.9. The molecule has 4 heteroatoms. The van der Waals surface area contributed by atoms with Gasteiger partial charge in [0.1, 0.15) is 6.10 Å². The topological polar surface area (TPSA) is 44.8 Å². The summed E-state index contributed by atoms with van der Waals surface area (Å²) in [5.74, 6) is -0.0000158. The smallest absolute Gasteiger partial charge is 0.191 e. The summed E-state index contributed by atoms with van der Waals surface area (Å²) in [5.41, 5.74) is 0.677. The maximum absolute atomic E-state index is 12.0. The lowest BCUT2D eigenvalue weighted by Gasteiger charge is -2.12. The van der Waals surface area contributed by atoms with Crippen LogP contribution in [0.3, 0.4) is 0 Å². The second-order valence-electron chi connectivity index (χ2n) is 4.20. The molecule has 1 rings (SSSR count). The Balaban J connectivity index is 2.14. The lowest BCUT2D eigenvalue weighted by atomic mass is 10.1. The van der Waals surface area contributed by atoms with E-state index in [1.54, 1.807) is 26.2 Å². The SMILES string of the molecule is COCCCOCCOC(C)C(=O)c1ccccc1. The average Bonchev–Trinajstić information content (AvgIpc) is 2.46. The van der Waals surface area contributed by atoms with Gasteiger partial charge in [-0.15, -0.1) is 0 Å². The maximum Gasteiger partial charge on any atom is 0.191 e. The Morgan fingerprint density at radius 1 is 1.11 bits per heavy atom. The van der Waals surface area contributed by atoms with E-state index in [2.05, 4.69) is 0 Å². The van der Waals surface area contributed by atoms with Gasteiger partial charge < -0.3 is 14.2 Å². The molecule has 1 aromatic rings. The molecule has 0 fully saturated rings. The first-order valence-corrected chi connectivity index (χ1v) is 6.53. The first kappa shape index (κ1) is 15.8. The summed E-state index contributed by atoms with van der Waals surface area (Å²) in [4.78, 5) is 12.0. The Bertz CT molecular complexity index is 350. The predicted octanol–water partition coefficient (Wildman–Crippen LogP) is 2.33. The van der Waals surface area contributed by atoms with Gasteiger partial charge in [-0.25, -0.2) is 0 Å². The Morgan fingerprint density at radius 2 is 1.84 bits per heavy atom. The number of hydrogen-bond donors (Lipinski definition) is 0. The van der Waals surface area contributed by atoms with E-state index in [0.29, 0.717) is 32.0 Å². The first-order valence-electron chi connectivity index (χ1n) is 6.53. The van der Waals surface area contributed by atoms with E-state index in [1.807, 2.05) is 18.2 Å². The second kappa shape index (κ2) is 9.67. The summed E-state index contributed by atoms with van der Waals surface area (Å²) in [6, 6.07) is 9.17. The average molecular weight is 266 g/mol. The van der Waals surface area contributed by atoms with Gasteiger partial charge in [0, 0.05) is 25.9 Å². The van der Waals surface area contributed by atoms with Crippen molar-refractivity contribution in [1.82, 2.24) is 0 Å². The van der Waals surface area contributed by atoms with Gasteiger partial charge in [-0.3, -0.25) is 4.79 Å². The Morgan fingerprint density at radius 3 is 2.53 bits per heavy atom. The van der Waals surface area contributed by atoms with Crippen LogP contribution in [0.5, 0.6) is 0 Å². The van der Waals surface area contributed by atoms with Crippen molar-refractivity contribution in [3.8, 4) is 0 Å². The van der Waals surface area contributed by atoms with Crippen LogP contribution < -0.4 is 0 Å². The monoisotopic (exact) mass is 266 g/mol. The number of ether oxygens (including phenoxy) is 3. The highest BCUT2D eigenvalue weighted by Crippen LogP contribution is 2.05. The molecule has 0 amide bonds. The molecule has 0 aliphatic carbocycles. The van der Waals surface area contributed by atoms with E-state index in [1.165, 1.54) is 0 Å². The standard InChI is InChI=1S/C15H22O4/c1-13(15(16)14-7-4-3-5-8-14)19-12-11-18-10-6-9-17-2/h3-5,7-8,13H,6,9-12H2,1-2H3. The van der Waals surface area contributed by atoms with Gasteiger partial charge in [0.15, 0.2) is 5.78 Å². The van der Waals surface area contributed by atoms with E-state index in [4.69, 9.17) is 14.2 Å². The molecule has 0 radical (unpaired) electrons. The zero-order valence-electron chi connectivity index (χ0n) is 11.6. The molecule has 0 N–H and O–H groups in total. The third kappa shape index (κ3) is 6.47. The highest BCUT2D eigenvalue weighted by molar-refractivity contribution is 5.99. The molecular formula is C15H22O4. The molecule has 0 spiro atoms. The summed E-state index contributed by atoms with van der Waals surface area (Å²) in [6.07, 6.45) is 0.430. The fraction of sp³-hybridized carbons (Fsp3) is 0.533. The third-order valence-electron chi connectivity index (χ3n) is 2.66. The van der Waals surface area contributed by atoms with Crippen molar-refractivity contribution in [3.05, 3.63) is 35.9 Å². The van der Waals surface area contributed by atoms with Crippen LogP contribution in [0.2, 0.25) is 0 Å². The summed E-state index contributed by atoms with van der Waals surface area (Å²) < 4.78 is 15.7. The van der Waals surface area contributed by atoms with E-state index >= 15 is 0 Å². The van der Waals surface area contributed by atoms with Gasteiger partial charge in [-0.2, -0.15) is 0 Å². The van der Waals surface area contributed by atoms with Crippen molar-refractivity contribution in [2.45, 2.75) is 19.4 Å². The Kier molecular flexibility index (Phi) is 8.05. The molecule has 1 atom stereocenters. The molecule has 0 aliphatic rings. The highest BCUT2D eigenvalue weighted by atomic mass is 16.5. The minimum Gasteiger partial charge on any atom is -0.385 e. The molecule has 0 saturated carbocycles. The number of ketones is 1. The number of methoxy groups -OCH3 is 1. The van der Waals surface area contributed by atoms with Crippen LogP contribution in [0.25, 0.3) is 0 Å². The summed E-state index contributed by atoms with van der Waals surface area (Å²) in [7, 11) is 1.67. The van der Waals surface area contributed by atoms with E-state index < -0.39 is 6.10 Å². The van der Waals surface area contributed by atoms with E-state index in [0.717, 1.165) is 6.42 Å². The molecule has 19 heavy (non-hydrogen) atoms. The maximum atomic E-state index is 12.0. The van der Waals surface area contributed by atoms with Gasteiger partial charge in [0.25, 0.3) is 0 Å². The van der Waals surface area contributed by atoms with Gasteiger partial charge in [0.2, 0.25) is 0 Å². The fourth-order valence-corrected chi connectivity index (χ4v) is 1.60. The summed E-state index contributed by atoms with van der Waals surface area (Å²) in [6.45, 7) is 4.03. The predicted molar refractivity (Wildman–Crippen MR) is 73.5 cm³/mol. The normalized spacial score (nSPS) is 12.3. The minimum absolute atomic E-state index is 0.0000158. The van der Waals surface area contributed by atoms with Gasteiger partial charge in [-0.1, -0.05) is 30.3 Å². The molecule has 1 unspecified atom stereocenters. The Labute approximate surface area is 114 Å². The third-order valence-corrected chi connectivity index (χ3v) is 2.66. The first-order chi connectivity index (χ1) is 9.25. The van der Waals surface area contributed by atoms with Crippen LogP contribution in [0.15, 0.2) is 30.3 Å². The van der Waals surface area contributed by atoms with Gasteiger partial charge >= 0.3 is 0 Å². The molecule has 4 nitrogen and oxygen atoms in total. The quantitative estimate of drug-likeness (QED) is 0.481. The second-order valence-corrected chi connectivity index (χ2v) is 4.20. The van der Waals surface area contributed by atoms with Gasteiger partial charge in [0.05, 0.1) is 13.2 Å². The van der Waals surface area contributed by atoms with Crippen molar-refractivity contribution in [2.24, 2.45) is 0 Å². The van der Waals surface area contributed by atoms with Crippen molar-refractivity contribution in [2.75, 3.05) is 33.5 Å². The number of hydrogen-bond acceptors (Lipinski definition) is 4. The zero-order valence-corrected chi connectivity index (χ0v) is 11.6. The Hall–Kier alpha value is -1.23. The minimum atomic E-state index is -0.440. The number of rotatable bonds is 10. The van der Waals surface area contributed by atoms with Crippen molar-refractivity contribution in [3.63, 3.8) is 0 Å². The lowest BCUT2D eigenvalue weighted by Crippen LogP contribution is -2.23. The van der Waals surface area contributed by atoms with Crippen LogP contribution in [0, 0.1) is 0 Å². The van der Waals surface area contributed by atoms with Crippen LogP contribution >= 0.6 is 0 Å². The molecule has 0 aliphatic heterocycles. The highest BCUT2D eigenvalue weighted by Gasteiger charge is 2.14. The van der Waals surface area contributed by atoms with E-state index in [-0.39, 0.29) is 5.78 Å². The van der Waals surface area contributed by atoms with Crippen LogP contribution in [0.4, 0.5) is 0 Å². The number of Topliss-reactive ketones (excluding diaryl/α,β-unsaturated/α-hetero) is 1. The van der Waals surface area contributed by atoms with Crippen molar-refractivity contribution < 1.29 is 19.0 Å². The molecule has 106 valence electrons.